The van der Waals surface area contributed by atoms with Crippen LogP contribution < -0.4 is 4.74 Å². The minimum Gasteiger partial charge on any atom is -0.493 e. The zero-order valence-corrected chi connectivity index (χ0v) is 15.7. The lowest BCUT2D eigenvalue weighted by atomic mass is 10.1. The first-order valence-corrected chi connectivity index (χ1v) is 8.59. The Hall–Kier alpha value is -2.83. The Labute approximate surface area is 165 Å². The molecule has 27 heavy (non-hydrogen) atoms. The first-order valence-electron chi connectivity index (χ1n) is 7.84. The van der Waals surface area contributed by atoms with Gasteiger partial charge < -0.3 is 9.47 Å². The van der Waals surface area contributed by atoms with Crippen molar-refractivity contribution in [2.75, 3.05) is 13.7 Å². The maximum Gasteiger partial charge on any atom is 0.363 e. The van der Waals surface area contributed by atoms with Gasteiger partial charge in [0.05, 0.1) is 29.0 Å². The van der Waals surface area contributed by atoms with Crippen LogP contribution in [0.4, 0.5) is 0 Å². The molecule has 6 nitrogen and oxygen atoms in total. The van der Waals surface area contributed by atoms with Crippen molar-refractivity contribution in [3.05, 3.63) is 76.0 Å². The van der Waals surface area contributed by atoms with Gasteiger partial charge in [-0.15, -0.1) is 0 Å². The molecule has 138 valence electrons. The van der Waals surface area contributed by atoms with Crippen molar-refractivity contribution < 1.29 is 19.1 Å². The van der Waals surface area contributed by atoms with Gasteiger partial charge in [0.1, 0.15) is 0 Å². The van der Waals surface area contributed by atoms with E-state index in [1.165, 1.54) is 30.0 Å². The zero-order valence-electron chi connectivity index (χ0n) is 14.2. The second kappa shape index (κ2) is 8.24. The van der Waals surface area contributed by atoms with Gasteiger partial charge in [0.15, 0.2) is 18.1 Å². The molecule has 0 saturated heterocycles. The van der Waals surface area contributed by atoms with Gasteiger partial charge in [-0.25, -0.2) is 9.48 Å². The Morgan fingerprint density at radius 1 is 1.07 bits per heavy atom. The van der Waals surface area contributed by atoms with Crippen molar-refractivity contribution in [1.82, 2.24) is 9.78 Å². The quantitative estimate of drug-likeness (QED) is 0.454. The van der Waals surface area contributed by atoms with Gasteiger partial charge >= 0.3 is 5.97 Å². The zero-order chi connectivity index (χ0) is 19.4. The number of nitrogens with zero attached hydrogens (tertiary/aromatic N) is 2. The number of hydrogen-bond donors (Lipinski definition) is 0. The average molecular weight is 405 g/mol. The van der Waals surface area contributed by atoms with E-state index in [0.717, 1.165) is 5.69 Å². The number of benzene rings is 2. The summed E-state index contributed by atoms with van der Waals surface area (Å²) in [5, 5.41) is 4.78. The van der Waals surface area contributed by atoms with E-state index in [4.69, 9.17) is 32.7 Å². The number of ketones is 1. The number of esters is 1. The fraction of sp³-hybridized carbons (Fsp3) is 0.105. The Morgan fingerprint density at radius 3 is 2.48 bits per heavy atom. The summed E-state index contributed by atoms with van der Waals surface area (Å²) < 4.78 is 11.8. The van der Waals surface area contributed by atoms with Crippen molar-refractivity contribution >= 4 is 35.0 Å². The monoisotopic (exact) mass is 404 g/mol. The maximum atomic E-state index is 12.3. The first-order chi connectivity index (χ1) is 13.0. The van der Waals surface area contributed by atoms with E-state index in [2.05, 4.69) is 5.10 Å². The van der Waals surface area contributed by atoms with Crippen LogP contribution >= 0.6 is 23.2 Å². The Balaban J connectivity index is 1.73. The lowest BCUT2D eigenvalue weighted by Gasteiger charge is -2.05. The third kappa shape index (κ3) is 4.30. The van der Waals surface area contributed by atoms with Crippen LogP contribution in [0, 0.1) is 0 Å². The van der Waals surface area contributed by atoms with Crippen LogP contribution in [0.15, 0.2) is 54.7 Å². The molecule has 0 aliphatic carbocycles. The highest BCUT2D eigenvalue weighted by Crippen LogP contribution is 2.23. The molecule has 0 N–H and O–H groups in total. The normalized spacial score (nSPS) is 10.5. The molecule has 0 atom stereocenters. The summed E-state index contributed by atoms with van der Waals surface area (Å²) in [6.45, 7) is -0.460. The Kier molecular flexibility index (Phi) is 5.78. The summed E-state index contributed by atoms with van der Waals surface area (Å²) in [4.78, 5) is 24.5. The van der Waals surface area contributed by atoms with Gasteiger partial charge in [-0.3, -0.25) is 4.79 Å². The molecule has 0 unspecified atom stereocenters. The van der Waals surface area contributed by atoms with E-state index in [-0.39, 0.29) is 16.5 Å². The summed E-state index contributed by atoms with van der Waals surface area (Å²) in [7, 11) is 1.42. The highest BCUT2D eigenvalue weighted by molar-refractivity contribution is 6.42. The molecule has 8 heteroatoms. The van der Waals surface area contributed by atoms with E-state index in [9.17, 15) is 9.59 Å². The molecule has 1 aromatic heterocycles. The molecule has 3 aromatic rings. The standard InChI is InChI=1S/C19H14Cl2N2O4/c1-26-17-10-23(13-5-3-2-4-6-13)22-18(17)19(25)27-11-16(24)12-7-8-14(20)15(21)9-12/h2-10H,11H2,1H3. The number of hydrogen-bond acceptors (Lipinski definition) is 5. The van der Waals surface area contributed by atoms with Crippen molar-refractivity contribution in [1.29, 1.82) is 0 Å². The molecule has 0 aliphatic rings. The van der Waals surface area contributed by atoms with Gasteiger partial charge in [0.2, 0.25) is 5.69 Å². The number of para-hydroxylation sites is 1. The molecule has 0 radical (unpaired) electrons. The minimum absolute atomic E-state index is 0.0247. The van der Waals surface area contributed by atoms with E-state index in [0.29, 0.717) is 10.6 Å². The van der Waals surface area contributed by atoms with Gasteiger partial charge in [-0.05, 0) is 30.3 Å². The van der Waals surface area contributed by atoms with Crippen LogP contribution in [-0.4, -0.2) is 35.2 Å². The molecule has 0 saturated carbocycles. The van der Waals surface area contributed by atoms with Crippen LogP contribution in [0.5, 0.6) is 5.75 Å². The lowest BCUT2D eigenvalue weighted by Crippen LogP contribution is -2.15. The van der Waals surface area contributed by atoms with E-state index >= 15 is 0 Å². The molecule has 0 spiro atoms. The van der Waals surface area contributed by atoms with Gasteiger partial charge in [0.25, 0.3) is 0 Å². The highest BCUT2D eigenvalue weighted by atomic mass is 35.5. The smallest absolute Gasteiger partial charge is 0.363 e. The summed E-state index contributed by atoms with van der Waals surface area (Å²) in [6, 6.07) is 13.6. The third-order valence-electron chi connectivity index (χ3n) is 3.69. The highest BCUT2D eigenvalue weighted by Gasteiger charge is 2.21. The second-order valence-corrected chi connectivity index (χ2v) is 6.27. The second-order valence-electron chi connectivity index (χ2n) is 5.45. The SMILES string of the molecule is COc1cn(-c2ccccc2)nc1C(=O)OCC(=O)c1ccc(Cl)c(Cl)c1. The number of carbonyl (C=O) groups excluding carboxylic acids is 2. The predicted molar refractivity (Wildman–Crippen MR) is 101 cm³/mol. The molecule has 0 fully saturated rings. The van der Waals surface area contributed by atoms with Crippen LogP contribution in [-0.2, 0) is 4.74 Å². The summed E-state index contributed by atoms with van der Waals surface area (Å²) in [5.41, 5.74) is 1.02. The number of halogens is 2. The molecule has 0 bridgehead atoms. The van der Waals surface area contributed by atoms with Crippen molar-refractivity contribution in [2.24, 2.45) is 0 Å². The van der Waals surface area contributed by atoms with Crippen LogP contribution in [0.1, 0.15) is 20.8 Å². The van der Waals surface area contributed by atoms with Gasteiger partial charge in [-0.1, -0.05) is 41.4 Å². The predicted octanol–water partition coefficient (Wildman–Crippen LogP) is 4.23. The minimum atomic E-state index is -0.769. The molecule has 0 amide bonds. The van der Waals surface area contributed by atoms with E-state index in [1.807, 2.05) is 30.3 Å². The van der Waals surface area contributed by atoms with Crippen LogP contribution in [0.3, 0.4) is 0 Å². The van der Waals surface area contributed by atoms with Crippen molar-refractivity contribution in [3.8, 4) is 11.4 Å². The number of aromatic nitrogens is 2. The summed E-state index contributed by atoms with van der Waals surface area (Å²) in [6.07, 6.45) is 1.56. The molecular weight excluding hydrogens is 391 g/mol. The van der Waals surface area contributed by atoms with Crippen LogP contribution in [0.2, 0.25) is 10.0 Å². The number of rotatable bonds is 6. The Morgan fingerprint density at radius 2 is 1.81 bits per heavy atom. The Bertz CT molecular complexity index is 987. The summed E-state index contributed by atoms with van der Waals surface area (Å²) >= 11 is 11.7. The number of methoxy groups -OCH3 is 1. The summed E-state index contributed by atoms with van der Waals surface area (Å²) in [5.74, 6) is -0.941. The van der Waals surface area contributed by atoms with Crippen molar-refractivity contribution in [2.45, 2.75) is 0 Å². The first kappa shape index (κ1) is 18.9. The van der Waals surface area contributed by atoms with E-state index in [1.54, 1.807) is 6.20 Å². The van der Waals surface area contributed by atoms with E-state index < -0.39 is 18.4 Å². The largest absolute Gasteiger partial charge is 0.493 e. The fourth-order valence-electron chi connectivity index (χ4n) is 2.31. The fourth-order valence-corrected chi connectivity index (χ4v) is 2.61. The average Bonchev–Trinajstić information content (AvgIpc) is 3.13. The lowest BCUT2D eigenvalue weighted by molar-refractivity contribution is 0.0465. The number of carbonyl (C=O) groups is 2. The van der Waals surface area contributed by atoms with Gasteiger partial charge in [-0.2, -0.15) is 5.10 Å². The topological polar surface area (TPSA) is 70.4 Å². The number of ether oxygens (including phenoxy) is 2. The molecular formula is C19H14Cl2N2O4. The van der Waals surface area contributed by atoms with Gasteiger partial charge in [0, 0.05) is 5.56 Å². The van der Waals surface area contributed by atoms with Crippen LogP contribution in [0.25, 0.3) is 5.69 Å². The van der Waals surface area contributed by atoms with Crippen molar-refractivity contribution in [3.63, 3.8) is 0 Å². The molecule has 0 aliphatic heterocycles. The molecule has 1 heterocycles. The molecule has 2 aromatic carbocycles. The molecule has 3 rings (SSSR count). The number of Topliss-reactive ketones (excluding diaryl/α,β-unsaturated/α-hetero) is 1. The maximum absolute atomic E-state index is 12.3. The third-order valence-corrected chi connectivity index (χ3v) is 4.43.